The van der Waals surface area contributed by atoms with Crippen molar-refractivity contribution in [2.45, 2.75) is 114 Å². The monoisotopic (exact) mass is 619 g/mol. The first-order chi connectivity index (χ1) is 21.4. The minimum absolute atomic E-state index is 0.0432. The summed E-state index contributed by atoms with van der Waals surface area (Å²) in [6, 6.07) is 0.0862. The highest BCUT2D eigenvalue weighted by molar-refractivity contribution is 7.99. The van der Waals surface area contributed by atoms with Crippen molar-refractivity contribution in [3.8, 4) is 11.8 Å². The van der Waals surface area contributed by atoms with E-state index in [2.05, 4.69) is 54.0 Å². The molecule has 0 aromatic carbocycles. The number of thioether (sulfide) groups is 1. The van der Waals surface area contributed by atoms with Gasteiger partial charge in [-0.2, -0.15) is 0 Å². The molecule has 0 saturated heterocycles. The third kappa shape index (κ3) is 6.72. The Morgan fingerprint density at radius 2 is 1.98 bits per heavy atom. The number of hydrogen-bond acceptors (Lipinski definition) is 6. The summed E-state index contributed by atoms with van der Waals surface area (Å²) in [5, 5.41) is 0.807. The largest absolute Gasteiger partial charge is 0.284 e. The van der Waals surface area contributed by atoms with Crippen LogP contribution in [0.1, 0.15) is 95.4 Å². The van der Waals surface area contributed by atoms with E-state index in [-0.39, 0.29) is 30.4 Å². The van der Waals surface area contributed by atoms with Crippen LogP contribution in [0.2, 0.25) is 0 Å². The second-order valence-electron chi connectivity index (χ2n) is 12.6. The fourth-order valence-corrected chi connectivity index (χ4v) is 7.93. The van der Waals surface area contributed by atoms with E-state index in [0.717, 1.165) is 72.1 Å². The van der Waals surface area contributed by atoms with Crippen molar-refractivity contribution < 1.29 is 8.78 Å². The number of allylic oxidation sites excluding steroid dienone is 5. The fraction of sp³-hybridized carbons (Fsp3) is 0.600. The molecule has 234 valence electrons. The van der Waals surface area contributed by atoms with Gasteiger partial charge in [0.1, 0.15) is 0 Å². The van der Waals surface area contributed by atoms with Crippen LogP contribution in [0.5, 0.6) is 0 Å². The Morgan fingerprint density at radius 3 is 2.77 bits per heavy atom. The minimum atomic E-state index is -2.67. The summed E-state index contributed by atoms with van der Waals surface area (Å²) in [5.41, 5.74) is 4.56. The van der Waals surface area contributed by atoms with E-state index in [4.69, 9.17) is 15.0 Å². The van der Waals surface area contributed by atoms with Gasteiger partial charge in [0.05, 0.1) is 22.7 Å². The summed E-state index contributed by atoms with van der Waals surface area (Å²) in [6.07, 6.45) is 17.8. The normalized spacial score (nSPS) is 26.7. The molecule has 2 aliphatic heterocycles. The molecule has 44 heavy (non-hydrogen) atoms. The summed E-state index contributed by atoms with van der Waals surface area (Å²) >= 11 is 1.67. The van der Waals surface area contributed by atoms with Crippen LogP contribution in [0.3, 0.4) is 0 Å². The summed E-state index contributed by atoms with van der Waals surface area (Å²) in [7, 11) is 0. The molecule has 4 unspecified atom stereocenters. The van der Waals surface area contributed by atoms with Crippen molar-refractivity contribution in [2.75, 3.05) is 12.3 Å². The minimum Gasteiger partial charge on any atom is -0.284 e. The Hall–Kier alpha value is -2.83. The van der Waals surface area contributed by atoms with E-state index in [0.29, 0.717) is 32.4 Å². The van der Waals surface area contributed by atoms with Crippen LogP contribution in [0.4, 0.5) is 8.78 Å². The molecular weight excluding hydrogens is 576 g/mol. The molecule has 1 aromatic heterocycles. The molecular formula is C35H43F2N5OS. The molecule has 0 spiro atoms. The van der Waals surface area contributed by atoms with Crippen LogP contribution in [-0.2, 0) is 13.0 Å². The zero-order valence-electron chi connectivity index (χ0n) is 25.9. The Balaban J connectivity index is 1.21. The topological polar surface area (TPSA) is 62.9 Å². The van der Waals surface area contributed by atoms with Gasteiger partial charge >= 0.3 is 0 Å². The first-order valence-corrected chi connectivity index (χ1v) is 17.4. The summed E-state index contributed by atoms with van der Waals surface area (Å²) in [5.74, 6) is 4.37. The molecule has 5 aliphatic rings. The lowest BCUT2D eigenvalue weighted by atomic mass is 9.81. The van der Waals surface area contributed by atoms with Gasteiger partial charge in [-0.15, -0.1) is 5.92 Å². The molecule has 3 heterocycles. The van der Waals surface area contributed by atoms with Crippen LogP contribution in [0.25, 0.3) is 0 Å². The zero-order valence-corrected chi connectivity index (χ0v) is 26.7. The predicted octanol–water partition coefficient (Wildman–Crippen LogP) is 7.31. The molecule has 1 aromatic rings. The average molecular weight is 620 g/mol. The second kappa shape index (κ2) is 13.7. The number of alkyl halides is 2. The Morgan fingerprint density at radius 1 is 1.11 bits per heavy atom. The van der Waals surface area contributed by atoms with Gasteiger partial charge in [-0.3, -0.25) is 14.3 Å². The number of aliphatic imine (C=N–C) groups is 2. The number of aromatic nitrogens is 2. The first kappa shape index (κ1) is 31.2. The van der Waals surface area contributed by atoms with Crippen LogP contribution in [0.15, 0.2) is 55.9 Å². The maximum Gasteiger partial charge on any atom is 0.259 e. The van der Waals surface area contributed by atoms with E-state index >= 15 is 0 Å². The van der Waals surface area contributed by atoms with Gasteiger partial charge in [-0.25, -0.2) is 23.7 Å². The first-order valence-electron chi connectivity index (χ1n) is 16.4. The van der Waals surface area contributed by atoms with Crippen LogP contribution >= 0.6 is 11.8 Å². The Kier molecular flexibility index (Phi) is 9.68. The van der Waals surface area contributed by atoms with Crippen molar-refractivity contribution in [3.05, 3.63) is 57.6 Å². The maximum absolute atomic E-state index is 14.4. The van der Waals surface area contributed by atoms with Crippen LogP contribution < -0.4 is 5.56 Å². The van der Waals surface area contributed by atoms with E-state index in [1.807, 2.05) is 4.57 Å². The number of hydrogen-bond donors (Lipinski definition) is 0. The molecule has 6 rings (SSSR count). The quantitative estimate of drug-likeness (QED) is 0.133. The highest BCUT2D eigenvalue weighted by Crippen LogP contribution is 2.39. The number of unbranched alkanes of at least 4 members (excludes halogenated alkanes) is 1. The molecule has 0 bridgehead atoms. The number of rotatable bonds is 8. The van der Waals surface area contributed by atoms with Crippen molar-refractivity contribution in [1.82, 2.24) is 14.5 Å². The smallest absolute Gasteiger partial charge is 0.259 e. The van der Waals surface area contributed by atoms with Gasteiger partial charge in [0.25, 0.3) is 11.5 Å². The Labute approximate surface area is 263 Å². The number of nitrogens with zero attached hydrogens (tertiary/aromatic N) is 5. The van der Waals surface area contributed by atoms with Gasteiger partial charge in [0, 0.05) is 56.0 Å². The highest BCUT2D eigenvalue weighted by Gasteiger charge is 2.43. The molecule has 1 fully saturated rings. The van der Waals surface area contributed by atoms with Gasteiger partial charge < -0.3 is 0 Å². The van der Waals surface area contributed by atoms with Gasteiger partial charge in [-0.05, 0) is 51.4 Å². The fourth-order valence-electron chi connectivity index (χ4n) is 6.85. The lowest BCUT2D eigenvalue weighted by Gasteiger charge is -2.32. The summed E-state index contributed by atoms with van der Waals surface area (Å²) in [6.45, 7) is 4.80. The standard InChI is InChI=1S/C35H43F2N5OS/c1-3-5-7-11-24-12-10-13-25(20-24)23-44-34-40-29-18-19-41(22-28(29)32(43)42(34)27-14-8-6-9-15-27)33-38-30-17-16-26(21-31(30)39-33)35(36,37)4-2/h6,8,10,12-13,24,26-27,33H,3-5,9,14-23H2,1-2H3. The van der Waals surface area contributed by atoms with Gasteiger partial charge in [-0.1, -0.05) is 67.5 Å². The molecule has 4 atom stereocenters. The lowest BCUT2D eigenvalue weighted by Crippen LogP contribution is -2.42. The van der Waals surface area contributed by atoms with E-state index < -0.39 is 18.1 Å². The van der Waals surface area contributed by atoms with E-state index in [1.54, 1.807) is 18.7 Å². The van der Waals surface area contributed by atoms with Gasteiger partial charge in [0.15, 0.2) is 11.4 Å². The van der Waals surface area contributed by atoms with Gasteiger partial charge in [0.2, 0.25) is 0 Å². The predicted molar refractivity (Wildman–Crippen MR) is 175 cm³/mol. The third-order valence-electron chi connectivity index (χ3n) is 9.51. The SMILES string of the molecule is CCCC#CC1C=CC=C(CSc2nc3c(c(=O)n2C2CC=CCC2)CN(C2N=C4CCC(C(F)(F)CC)CC4=N2)CC3)C1. The lowest BCUT2D eigenvalue weighted by molar-refractivity contribution is -0.0616. The molecule has 3 aliphatic carbocycles. The van der Waals surface area contributed by atoms with E-state index in [9.17, 15) is 13.6 Å². The average Bonchev–Trinajstić information content (AvgIpc) is 3.48. The molecule has 9 heteroatoms. The van der Waals surface area contributed by atoms with Crippen molar-refractivity contribution in [3.63, 3.8) is 0 Å². The van der Waals surface area contributed by atoms with Crippen molar-refractivity contribution in [1.29, 1.82) is 0 Å². The molecule has 0 radical (unpaired) electrons. The zero-order chi connectivity index (χ0) is 30.7. The molecule has 1 saturated carbocycles. The van der Waals surface area contributed by atoms with Crippen molar-refractivity contribution >= 4 is 23.2 Å². The van der Waals surface area contributed by atoms with Crippen LogP contribution in [-0.4, -0.2) is 50.4 Å². The van der Waals surface area contributed by atoms with E-state index in [1.165, 1.54) is 5.57 Å². The molecule has 6 nitrogen and oxygen atoms in total. The number of fused-ring (bicyclic) bond motifs is 2. The number of halogens is 2. The highest BCUT2D eigenvalue weighted by atomic mass is 32.2. The summed E-state index contributed by atoms with van der Waals surface area (Å²) in [4.78, 5) is 31.2. The maximum atomic E-state index is 14.4. The summed E-state index contributed by atoms with van der Waals surface area (Å²) < 4.78 is 30.9. The van der Waals surface area contributed by atoms with Crippen LogP contribution in [0, 0.1) is 23.7 Å². The third-order valence-corrected chi connectivity index (χ3v) is 10.6. The molecule has 0 amide bonds. The van der Waals surface area contributed by atoms with Crippen molar-refractivity contribution in [2.24, 2.45) is 21.8 Å². The Bertz CT molecular complexity index is 1530. The molecule has 0 N–H and O–H groups in total. The second-order valence-corrected chi connectivity index (χ2v) is 13.5.